The van der Waals surface area contributed by atoms with Crippen LogP contribution in [0.25, 0.3) is 10.8 Å². The molecule has 1 aromatic carbocycles. The third-order valence-electron chi connectivity index (χ3n) is 4.83. The van der Waals surface area contributed by atoms with Crippen LogP contribution in [0.15, 0.2) is 24.3 Å². The molecule has 2 fully saturated rings. The van der Waals surface area contributed by atoms with E-state index in [2.05, 4.69) is 33.0 Å². The van der Waals surface area contributed by atoms with Crippen molar-refractivity contribution in [3.63, 3.8) is 0 Å². The maximum atomic E-state index is 6.19. The predicted molar refractivity (Wildman–Crippen MR) is 86.0 cm³/mol. The summed E-state index contributed by atoms with van der Waals surface area (Å²) in [7, 11) is 0. The molecule has 0 N–H and O–H groups in total. The third kappa shape index (κ3) is 2.17. The standard InChI is InChI=1S/C16H19ClN4/c1-11-9-20-8-4-5-12(20)10-21(11)16-14-7-3-2-6-13(14)15(17)18-19-16/h2-3,6-7,11-12H,4-5,8-10H2,1H3. The fourth-order valence-corrected chi connectivity index (χ4v) is 3.95. The van der Waals surface area contributed by atoms with Crippen molar-refractivity contribution in [1.82, 2.24) is 15.1 Å². The Morgan fingerprint density at radius 3 is 2.81 bits per heavy atom. The maximum absolute atomic E-state index is 6.19. The second kappa shape index (κ2) is 5.11. The van der Waals surface area contributed by atoms with Crippen LogP contribution in [0.5, 0.6) is 0 Å². The maximum Gasteiger partial charge on any atom is 0.159 e. The summed E-state index contributed by atoms with van der Waals surface area (Å²) in [5.41, 5.74) is 0. The number of piperazine rings is 1. The number of hydrogen-bond donors (Lipinski definition) is 0. The molecular formula is C16H19ClN4. The second-order valence-electron chi connectivity index (χ2n) is 6.15. The van der Waals surface area contributed by atoms with Gasteiger partial charge in [0.15, 0.2) is 11.0 Å². The highest BCUT2D eigenvalue weighted by molar-refractivity contribution is 6.34. The highest BCUT2D eigenvalue weighted by atomic mass is 35.5. The van der Waals surface area contributed by atoms with Crippen LogP contribution >= 0.6 is 11.6 Å². The van der Waals surface area contributed by atoms with Gasteiger partial charge in [-0.3, -0.25) is 4.90 Å². The number of benzene rings is 1. The first-order valence-electron chi connectivity index (χ1n) is 7.65. The molecule has 5 heteroatoms. The van der Waals surface area contributed by atoms with E-state index in [4.69, 9.17) is 11.6 Å². The first-order chi connectivity index (χ1) is 10.2. The minimum atomic E-state index is 0.457. The van der Waals surface area contributed by atoms with Crippen molar-refractivity contribution in [2.24, 2.45) is 0 Å². The summed E-state index contributed by atoms with van der Waals surface area (Å²) in [6.45, 7) is 5.68. The SMILES string of the molecule is CC1CN2CCCC2CN1c1nnc(Cl)c2ccccc12. The van der Waals surface area contributed by atoms with E-state index in [1.165, 1.54) is 19.4 Å². The van der Waals surface area contributed by atoms with Crippen LogP contribution in [0, 0.1) is 0 Å². The highest BCUT2D eigenvalue weighted by Gasteiger charge is 2.35. The fourth-order valence-electron chi connectivity index (χ4n) is 3.75. The van der Waals surface area contributed by atoms with E-state index in [1.807, 2.05) is 18.2 Å². The van der Waals surface area contributed by atoms with Crippen LogP contribution in [0.2, 0.25) is 5.15 Å². The average Bonchev–Trinajstić information content (AvgIpc) is 2.94. The van der Waals surface area contributed by atoms with Crippen molar-refractivity contribution in [1.29, 1.82) is 0 Å². The molecule has 0 spiro atoms. The summed E-state index contributed by atoms with van der Waals surface area (Å²) in [6, 6.07) is 9.28. The van der Waals surface area contributed by atoms with E-state index in [0.29, 0.717) is 17.2 Å². The molecule has 2 unspecified atom stereocenters. The first kappa shape index (κ1) is 13.3. The van der Waals surface area contributed by atoms with Gasteiger partial charge >= 0.3 is 0 Å². The molecule has 4 nitrogen and oxygen atoms in total. The molecule has 1 aromatic heterocycles. The number of anilines is 1. The van der Waals surface area contributed by atoms with Gasteiger partial charge in [0.05, 0.1) is 0 Å². The quantitative estimate of drug-likeness (QED) is 0.811. The van der Waals surface area contributed by atoms with Crippen LogP contribution in [0.3, 0.4) is 0 Å². The van der Waals surface area contributed by atoms with Crippen LogP contribution in [-0.4, -0.2) is 46.8 Å². The number of rotatable bonds is 1. The number of fused-ring (bicyclic) bond motifs is 2. The molecule has 0 amide bonds. The highest BCUT2D eigenvalue weighted by Crippen LogP contribution is 2.33. The Morgan fingerprint density at radius 2 is 1.95 bits per heavy atom. The average molecular weight is 303 g/mol. The van der Waals surface area contributed by atoms with Gasteiger partial charge in [-0.1, -0.05) is 35.9 Å². The van der Waals surface area contributed by atoms with Gasteiger partial charge in [0.25, 0.3) is 0 Å². The van der Waals surface area contributed by atoms with E-state index in [0.717, 1.165) is 29.7 Å². The zero-order valence-corrected chi connectivity index (χ0v) is 12.9. The molecule has 0 saturated carbocycles. The summed E-state index contributed by atoms with van der Waals surface area (Å²) in [6.07, 6.45) is 2.61. The summed E-state index contributed by atoms with van der Waals surface area (Å²) in [5.74, 6) is 0.981. The third-order valence-corrected chi connectivity index (χ3v) is 5.11. The molecule has 2 atom stereocenters. The van der Waals surface area contributed by atoms with Crippen molar-refractivity contribution in [2.45, 2.75) is 31.8 Å². The zero-order valence-electron chi connectivity index (χ0n) is 12.2. The Kier molecular flexibility index (Phi) is 3.23. The number of aromatic nitrogens is 2. The lowest BCUT2D eigenvalue weighted by Gasteiger charge is -2.43. The predicted octanol–water partition coefficient (Wildman–Crippen LogP) is 2.96. The molecule has 0 radical (unpaired) electrons. The zero-order chi connectivity index (χ0) is 14.4. The van der Waals surface area contributed by atoms with Crippen molar-refractivity contribution in [3.05, 3.63) is 29.4 Å². The number of halogens is 1. The molecule has 3 heterocycles. The largest absolute Gasteiger partial charge is 0.349 e. The molecule has 110 valence electrons. The van der Waals surface area contributed by atoms with Gasteiger partial charge in [-0.2, -0.15) is 0 Å². The molecule has 2 aromatic rings. The summed E-state index contributed by atoms with van der Waals surface area (Å²) >= 11 is 6.19. The van der Waals surface area contributed by atoms with E-state index >= 15 is 0 Å². The minimum Gasteiger partial charge on any atom is -0.349 e. The number of nitrogens with zero attached hydrogens (tertiary/aromatic N) is 4. The Morgan fingerprint density at radius 1 is 1.14 bits per heavy atom. The molecule has 2 saturated heterocycles. The molecule has 21 heavy (non-hydrogen) atoms. The summed E-state index contributed by atoms with van der Waals surface area (Å²) < 4.78 is 0. The molecule has 4 rings (SSSR count). The lowest BCUT2D eigenvalue weighted by atomic mass is 10.1. The Balaban J connectivity index is 1.77. The van der Waals surface area contributed by atoms with Gasteiger partial charge in [0.1, 0.15) is 0 Å². The normalized spacial score (nSPS) is 26.3. The summed E-state index contributed by atoms with van der Waals surface area (Å²) in [4.78, 5) is 5.03. The van der Waals surface area contributed by atoms with E-state index in [-0.39, 0.29) is 0 Å². The van der Waals surface area contributed by atoms with Crippen LogP contribution in [-0.2, 0) is 0 Å². The van der Waals surface area contributed by atoms with Crippen LogP contribution in [0.1, 0.15) is 19.8 Å². The lowest BCUT2D eigenvalue weighted by molar-refractivity contribution is 0.202. The van der Waals surface area contributed by atoms with Crippen LogP contribution in [0.4, 0.5) is 5.82 Å². The second-order valence-corrected chi connectivity index (χ2v) is 6.51. The van der Waals surface area contributed by atoms with Gasteiger partial charge in [0, 0.05) is 35.9 Å². The Bertz CT molecular complexity index is 674. The van der Waals surface area contributed by atoms with Gasteiger partial charge in [0.2, 0.25) is 0 Å². The monoisotopic (exact) mass is 302 g/mol. The van der Waals surface area contributed by atoms with Gasteiger partial charge in [-0.15, -0.1) is 10.2 Å². The first-order valence-corrected chi connectivity index (χ1v) is 8.03. The van der Waals surface area contributed by atoms with Crippen molar-refractivity contribution in [3.8, 4) is 0 Å². The van der Waals surface area contributed by atoms with Gasteiger partial charge in [-0.25, -0.2) is 0 Å². The smallest absolute Gasteiger partial charge is 0.159 e. The van der Waals surface area contributed by atoms with E-state index < -0.39 is 0 Å². The minimum absolute atomic E-state index is 0.457. The molecule has 2 aliphatic rings. The Hall–Kier alpha value is -1.39. The van der Waals surface area contributed by atoms with E-state index in [9.17, 15) is 0 Å². The lowest BCUT2D eigenvalue weighted by Crippen LogP contribution is -2.55. The fraction of sp³-hybridized carbons (Fsp3) is 0.500. The van der Waals surface area contributed by atoms with Crippen LogP contribution < -0.4 is 4.90 Å². The van der Waals surface area contributed by atoms with Gasteiger partial charge < -0.3 is 4.90 Å². The summed E-state index contributed by atoms with van der Waals surface area (Å²) in [5, 5.41) is 11.2. The van der Waals surface area contributed by atoms with Crippen molar-refractivity contribution < 1.29 is 0 Å². The molecule has 2 aliphatic heterocycles. The van der Waals surface area contributed by atoms with Gasteiger partial charge in [-0.05, 0) is 26.3 Å². The van der Waals surface area contributed by atoms with Crippen molar-refractivity contribution >= 4 is 28.2 Å². The topological polar surface area (TPSA) is 32.3 Å². The molecule has 0 aliphatic carbocycles. The molecular weight excluding hydrogens is 284 g/mol. The molecule has 0 bridgehead atoms. The van der Waals surface area contributed by atoms with Crippen molar-refractivity contribution in [2.75, 3.05) is 24.5 Å². The number of hydrogen-bond acceptors (Lipinski definition) is 4. The van der Waals surface area contributed by atoms with E-state index in [1.54, 1.807) is 0 Å². The Labute approximate surface area is 129 Å².